The summed E-state index contributed by atoms with van der Waals surface area (Å²) in [6.07, 6.45) is 2.69. The van der Waals surface area contributed by atoms with Crippen LogP contribution in [0.1, 0.15) is 36.2 Å². The number of aromatic nitrogens is 2. The van der Waals surface area contributed by atoms with Gasteiger partial charge in [0.15, 0.2) is 0 Å². The molecule has 1 heterocycles. The lowest BCUT2D eigenvalue weighted by molar-refractivity contribution is 0.0451. The second kappa shape index (κ2) is 7.97. The number of aliphatic hydroxyl groups excluding tert-OH is 1. The van der Waals surface area contributed by atoms with Gasteiger partial charge in [-0.25, -0.2) is 4.39 Å². The first kappa shape index (κ1) is 17.9. The van der Waals surface area contributed by atoms with E-state index in [1.54, 1.807) is 12.1 Å². The minimum Gasteiger partial charge on any atom is -0.488 e. The average Bonchev–Trinajstić information content (AvgIpc) is 3.08. The van der Waals surface area contributed by atoms with E-state index in [4.69, 9.17) is 4.74 Å². The van der Waals surface area contributed by atoms with Crippen molar-refractivity contribution >= 4 is 0 Å². The number of aryl methyl sites for hydroxylation is 2. The highest BCUT2D eigenvalue weighted by molar-refractivity contribution is 5.24. The Morgan fingerprint density at radius 1 is 1.36 bits per heavy atom. The molecule has 1 aliphatic carbocycles. The Bertz CT molecular complexity index is 684. The van der Waals surface area contributed by atoms with E-state index in [2.05, 4.69) is 15.5 Å². The Labute approximate surface area is 147 Å². The molecule has 3 atom stereocenters. The van der Waals surface area contributed by atoms with Crippen LogP contribution >= 0.6 is 0 Å². The molecule has 3 N–H and O–H groups in total. The van der Waals surface area contributed by atoms with Crippen molar-refractivity contribution in [2.45, 2.75) is 57.8 Å². The Kier molecular flexibility index (Phi) is 5.71. The first-order valence-corrected chi connectivity index (χ1v) is 8.88. The lowest BCUT2D eigenvalue weighted by atomic mass is 10.1. The minimum absolute atomic E-state index is 0.0186. The van der Waals surface area contributed by atoms with Crippen molar-refractivity contribution < 1.29 is 14.2 Å². The van der Waals surface area contributed by atoms with Crippen LogP contribution in [0.2, 0.25) is 0 Å². The van der Waals surface area contributed by atoms with Gasteiger partial charge >= 0.3 is 0 Å². The molecule has 1 fully saturated rings. The summed E-state index contributed by atoms with van der Waals surface area (Å²) < 4.78 is 19.0. The molecular weight excluding hydrogens is 321 g/mol. The number of hydrogen-bond acceptors (Lipinski definition) is 4. The Morgan fingerprint density at radius 3 is 2.92 bits per heavy atom. The third-order valence-electron chi connectivity index (χ3n) is 4.93. The largest absolute Gasteiger partial charge is 0.488 e. The van der Waals surface area contributed by atoms with Crippen LogP contribution in [0.15, 0.2) is 24.3 Å². The third kappa shape index (κ3) is 4.38. The maximum absolute atomic E-state index is 13.2. The molecule has 0 spiro atoms. The summed E-state index contributed by atoms with van der Waals surface area (Å²) in [6, 6.07) is 6.08. The minimum atomic E-state index is -0.583. The van der Waals surface area contributed by atoms with Gasteiger partial charge in [-0.2, -0.15) is 5.10 Å². The van der Waals surface area contributed by atoms with Gasteiger partial charge in [-0.05, 0) is 63.8 Å². The van der Waals surface area contributed by atoms with Gasteiger partial charge in [-0.3, -0.25) is 5.10 Å². The maximum atomic E-state index is 13.2. The number of ether oxygens (including phenoxy) is 1. The quantitative estimate of drug-likeness (QED) is 0.674. The second-order valence-corrected chi connectivity index (χ2v) is 6.76. The van der Waals surface area contributed by atoms with Crippen molar-refractivity contribution in [3.63, 3.8) is 0 Å². The molecule has 1 aromatic carbocycles. The number of halogens is 1. The number of aliphatic hydroxyl groups is 1. The molecule has 2 aromatic rings. The number of benzene rings is 1. The topological polar surface area (TPSA) is 70.2 Å². The van der Waals surface area contributed by atoms with Crippen molar-refractivity contribution in [1.29, 1.82) is 0 Å². The van der Waals surface area contributed by atoms with E-state index in [1.807, 2.05) is 13.8 Å². The Hall–Kier alpha value is -1.92. The lowest BCUT2D eigenvalue weighted by Gasteiger charge is -2.21. The van der Waals surface area contributed by atoms with Crippen LogP contribution in [0.3, 0.4) is 0 Å². The molecule has 1 saturated carbocycles. The van der Waals surface area contributed by atoms with Gasteiger partial charge in [-0.1, -0.05) is 6.07 Å². The van der Waals surface area contributed by atoms with E-state index in [-0.39, 0.29) is 18.0 Å². The summed E-state index contributed by atoms with van der Waals surface area (Å²) in [5, 5.41) is 21.1. The lowest BCUT2D eigenvalue weighted by Crippen LogP contribution is -2.42. The zero-order valence-corrected chi connectivity index (χ0v) is 14.8. The molecule has 0 bridgehead atoms. The molecular formula is C19H26FN3O2. The van der Waals surface area contributed by atoms with E-state index in [0.717, 1.165) is 43.6 Å². The Balaban J connectivity index is 1.43. The van der Waals surface area contributed by atoms with E-state index < -0.39 is 6.10 Å². The number of H-pyrrole nitrogens is 1. The van der Waals surface area contributed by atoms with E-state index >= 15 is 0 Å². The molecule has 0 radical (unpaired) electrons. The molecule has 1 aliphatic rings. The first-order valence-electron chi connectivity index (χ1n) is 8.88. The van der Waals surface area contributed by atoms with Crippen molar-refractivity contribution in [1.82, 2.24) is 15.5 Å². The van der Waals surface area contributed by atoms with Crippen LogP contribution in [0, 0.1) is 19.7 Å². The van der Waals surface area contributed by atoms with Gasteiger partial charge in [-0.15, -0.1) is 0 Å². The summed E-state index contributed by atoms with van der Waals surface area (Å²) >= 11 is 0. The fourth-order valence-corrected chi connectivity index (χ4v) is 3.51. The van der Waals surface area contributed by atoms with Crippen LogP contribution in [-0.2, 0) is 6.42 Å². The van der Waals surface area contributed by atoms with Crippen molar-refractivity contribution in [2.75, 3.05) is 6.54 Å². The number of aromatic amines is 1. The predicted molar refractivity (Wildman–Crippen MR) is 94.2 cm³/mol. The molecule has 0 unspecified atom stereocenters. The predicted octanol–water partition coefficient (Wildman–Crippen LogP) is 2.66. The SMILES string of the molecule is Cc1n[nH]c(C)c1CCCN[C@@H]1CC[C@@H](Oc2cccc(F)c2)[C@H]1O. The number of nitrogens with one attached hydrogen (secondary N) is 2. The molecule has 1 aromatic heterocycles. The monoisotopic (exact) mass is 347 g/mol. The molecule has 25 heavy (non-hydrogen) atoms. The fourth-order valence-electron chi connectivity index (χ4n) is 3.51. The van der Waals surface area contributed by atoms with Crippen LogP contribution in [0.4, 0.5) is 4.39 Å². The Morgan fingerprint density at radius 2 is 2.20 bits per heavy atom. The normalized spacial score (nSPS) is 23.1. The highest BCUT2D eigenvalue weighted by Gasteiger charge is 2.35. The molecule has 0 aliphatic heterocycles. The summed E-state index contributed by atoms with van der Waals surface area (Å²) in [7, 11) is 0. The molecule has 3 rings (SSSR count). The number of hydrogen-bond donors (Lipinski definition) is 3. The third-order valence-corrected chi connectivity index (χ3v) is 4.93. The van der Waals surface area contributed by atoms with E-state index in [0.29, 0.717) is 5.75 Å². The highest BCUT2D eigenvalue weighted by atomic mass is 19.1. The van der Waals surface area contributed by atoms with Crippen LogP contribution < -0.4 is 10.1 Å². The van der Waals surface area contributed by atoms with Crippen LogP contribution in [-0.4, -0.2) is 40.1 Å². The zero-order chi connectivity index (χ0) is 17.8. The van der Waals surface area contributed by atoms with Crippen LogP contribution in [0.25, 0.3) is 0 Å². The van der Waals surface area contributed by atoms with Gasteiger partial charge < -0.3 is 15.2 Å². The standard InChI is InChI=1S/C19H26FN3O2/c1-12-16(13(2)23-22-12)7-4-10-21-17-8-9-18(19(17)24)25-15-6-3-5-14(20)11-15/h3,5-6,11,17-19,21,24H,4,7-10H2,1-2H3,(H,22,23)/t17-,18-,19+/m1/s1. The van der Waals surface area contributed by atoms with E-state index in [1.165, 1.54) is 17.7 Å². The summed E-state index contributed by atoms with van der Waals surface area (Å²) in [4.78, 5) is 0. The van der Waals surface area contributed by atoms with E-state index in [9.17, 15) is 9.50 Å². The first-order chi connectivity index (χ1) is 12.0. The average molecular weight is 347 g/mol. The van der Waals surface area contributed by atoms with Crippen molar-refractivity contribution in [3.8, 4) is 5.75 Å². The summed E-state index contributed by atoms with van der Waals surface area (Å²) in [5.74, 6) is 0.139. The molecule has 136 valence electrons. The van der Waals surface area contributed by atoms with Gasteiger partial charge in [0.05, 0.1) is 5.69 Å². The maximum Gasteiger partial charge on any atom is 0.126 e. The van der Waals surface area contributed by atoms with Gasteiger partial charge in [0.1, 0.15) is 23.8 Å². The highest BCUT2D eigenvalue weighted by Crippen LogP contribution is 2.25. The van der Waals surface area contributed by atoms with Gasteiger partial charge in [0.25, 0.3) is 0 Å². The zero-order valence-electron chi connectivity index (χ0n) is 14.8. The van der Waals surface area contributed by atoms with Crippen molar-refractivity contribution in [3.05, 3.63) is 47.0 Å². The second-order valence-electron chi connectivity index (χ2n) is 6.76. The summed E-state index contributed by atoms with van der Waals surface area (Å²) in [6.45, 7) is 4.89. The molecule has 0 saturated heterocycles. The van der Waals surface area contributed by atoms with Crippen LogP contribution in [0.5, 0.6) is 5.75 Å². The van der Waals surface area contributed by atoms with Gasteiger partial charge in [0, 0.05) is 17.8 Å². The smallest absolute Gasteiger partial charge is 0.126 e. The van der Waals surface area contributed by atoms with Crippen molar-refractivity contribution in [2.24, 2.45) is 0 Å². The van der Waals surface area contributed by atoms with Gasteiger partial charge in [0.2, 0.25) is 0 Å². The number of nitrogens with zero attached hydrogens (tertiary/aromatic N) is 1. The summed E-state index contributed by atoms with van der Waals surface area (Å²) in [5.41, 5.74) is 3.46. The fraction of sp³-hybridized carbons (Fsp3) is 0.526. The molecule has 6 heteroatoms. The molecule has 0 amide bonds. The molecule has 5 nitrogen and oxygen atoms in total. The number of rotatable bonds is 7.